The van der Waals surface area contributed by atoms with E-state index in [9.17, 15) is 0 Å². The Kier molecular flexibility index (Phi) is 3.23. The molecule has 1 heterocycles. The molecule has 0 saturated carbocycles. The van der Waals surface area contributed by atoms with Gasteiger partial charge in [0, 0.05) is 10.6 Å². The van der Waals surface area contributed by atoms with Crippen LogP contribution >= 0.6 is 22.9 Å². The lowest BCUT2D eigenvalue weighted by Gasteiger charge is -1.99. The molecule has 0 saturated heterocycles. The van der Waals surface area contributed by atoms with Gasteiger partial charge in [-0.2, -0.15) is 0 Å². The van der Waals surface area contributed by atoms with Crippen molar-refractivity contribution in [3.05, 3.63) is 33.8 Å². The highest BCUT2D eigenvalue weighted by atomic mass is 35.5. The minimum absolute atomic E-state index is 0.0773. The van der Waals surface area contributed by atoms with Crippen LogP contribution in [0.4, 0.5) is 0 Å². The zero-order valence-corrected chi connectivity index (χ0v) is 10.6. The number of rotatable bonds is 2. The molecule has 0 bridgehead atoms. The van der Waals surface area contributed by atoms with Gasteiger partial charge in [0.25, 0.3) is 0 Å². The molecule has 0 amide bonds. The number of hydrogen-bond acceptors (Lipinski definition) is 4. The van der Waals surface area contributed by atoms with Crippen LogP contribution in [0, 0.1) is 6.92 Å². The number of hydrogen-bond donors (Lipinski definition) is 1. The van der Waals surface area contributed by atoms with E-state index in [1.165, 1.54) is 11.3 Å². The summed E-state index contributed by atoms with van der Waals surface area (Å²) in [6.45, 7) is 3.90. The molecule has 0 fully saturated rings. The van der Waals surface area contributed by atoms with Gasteiger partial charge in [0.15, 0.2) is 0 Å². The maximum atomic E-state index is 6.00. The summed E-state index contributed by atoms with van der Waals surface area (Å²) in [5.74, 6) is 0. The number of benzene rings is 1. The number of nitrogens with zero attached hydrogens (tertiary/aromatic N) is 2. The van der Waals surface area contributed by atoms with Crippen molar-refractivity contribution in [1.82, 2.24) is 10.2 Å². The fourth-order valence-electron chi connectivity index (χ4n) is 1.40. The molecule has 1 aromatic heterocycles. The molecule has 3 nitrogen and oxygen atoms in total. The Balaban J connectivity index is 2.42. The second-order valence-corrected chi connectivity index (χ2v) is 5.20. The summed E-state index contributed by atoms with van der Waals surface area (Å²) in [6, 6.07) is 5.77. The summed E-state index contributed by atoms with van der Waals surface area (Å²) in [5, 5.41) is 10.6. The van der Waals surface area contributed by atoms with Crippen LogP contribution in [0.3, 0.4) is 0 Å². The van der Waals surface area contributed by atoms with E-state index in [0.717, 1.165) is 21.1 Å². The molecular formula is C11H12ClN3S. The minimum Gasteiger partial charge on any atom is -0.322 e. The number of nitrogens with two attached hydrogens (primary N) is 1. The van der Waals surface area contributed by atoms with Crippen LogP contribution in [-0.4, -0.2) is 10.2 Å². The lowest BCUT2D eigenvalue weighted by atomic mass is 10.1. The van der Waals surface area contributed by atoms with Gasteiger partial charge in [-0.05, 0) is 37.6 Å². The van der Waals surface area contributed by atoms with Gasteiger partial charge in [-0.3, -0.25) is 0 Å². The summed E-state index contributed by atoms with van der Waals surface area (Å²) in [7, 11) is 0. The fourth-order valence-corrected chi connectivity index (χ4v) is 2.47. The lowest BCUT2D eigenvalue weighted by molar-refractivity contribution is 0.786. The third-order valence-corrected chi connectivity index (χ3v) is 3.51. The van der Waals surface area contributed by atoms with E-state index in [0.29, 0.717) is 5.02 Å². The standard InChI is InChI=1S/C11H12ClN3S/c1-6-3-8(5-9(12)4-6)11-15-14-10(16-11)7(2)13/h3-5,7H,13H2,1-2H3. The predicted molar refractivity (Wildman–Crippen MR) is 67.7 cm³/mol. The summed E-state index contributed by atoms with van der Waals surface area (Å²) in [6.07, 6.45) is 0. The Morgan fingerprint density at radius 1 is 1.31 bits per heavy atom. The van der Waals surface area contributed by atoms with Crippen LogP contribution in [-0.2, 0) is 0 Å². The monoisotopic (exact) mass is 253 g/mol. The van der Waals surface area contributed by atoms with Gasteiger partial charge in [-0.15, -0.1) is 10.2 Å². The molecule has 1 aromatic carbocycles. The zero-order valence-electron chi connectivity index (χ0n) is 9.07. The molecule has 1 unspecified atom stereocenters. The van der Waals surface area contributed by atoms with E-state index in [1.54, 1.807) is 0 Å². The molecular weight excluding hydrogens is 242 g/mol. The summed E-state index contributed by atoms with van der Waals surface area (Å²) < 4.78 is 0. The Bertz CT molecular complexity index is 487. The second-order valence-electron chi connectivity index (χ2n) is 3.75. The topological polar surface area (TPSA) is 51.8 Å². The van der Waals surface area contributed by atoms with Crippen molar-refractivity contribution in [2.75, 3.05) is 0 Å². The maximum Gasteiger partial charge on any atom is 0.147 e. The van der Waals surface area contributed by atoms with E-state index >= 15 is 0 Å². The van der Waals surface area contributed by atoms with Crippen LogP contribution < -0.4 is 5.73 Å². The quantitative estimate of drug-likeness (QED) is 0.894. The molecule has 0 aliphatic carbocycles. The van der Waals surface area contributed by atoms with Crippen molar-refractivity contribution < 1.29 is 0 Å². The third-order valence-electron chi connectivity index (χ3n) is 2.12. The van der Waals surface area contributed by atoms with Gasteiger partial charge in [0.05, 0.1) is 6.04 Å². The molecule has 0 aliphatic rings. The van der Waals surface area contributed by atoms with Gasteiger partial charge in [0.2, 0.25) is 0 Å². The van der Waals surface area contributed by atoms with Crippen molar-refractivity contribution in [2.45, 2.75) is 19.9 Å². The lowest BCUT2D eigenvalue weighted by Crippen LogP contribution is -2.03. The van der Waals surface area contributed by atoms with Crippen LogP contribution in [0.5, 0.6) is 0 Å². The SMILES string of the molecule is Cc1cc(Cl)cc(-c2nnc(C(C)N)s2)c1. The molecule has 16 heavy (non-hydrogen) atoms. The minimum atomic E-state index is -0.0773. The van der Waals surface area contributed by atoms with Gasteiger partial charge in [-0.1, -0.05) is 22.9 Å². The van der Waals surface area contributed by atoms with Crippen LogP contribution in [0.15, 0.2) is 18.2 Å². The molecule has 2 rings (SSSR count). The average Bonchev–Trinajstić information content (AvgIpc) is 2.64. The van der Waals surface area contributed by atoms with Crippen molar-refractivity contribution in [1.29, 1.82) is 0 Å². The van der Waals surface area contributed by atoms with Gasteiger partial charge >= 0.3 is 0 Å². The van der Waals surface area contributed by atoms with E-state index in [1.807, 2.05) is 32.0 Å². The number of aromatic nitrogens is 2. The second kappa shape index (κ2) is 4.49. The molecule has 2 N–H and O–H groups in total. The Hall–Kier alpha value is -0.970. The Morgan fingerprint density at radius 3 is 2.62 bits per heavy atom. The van der Waals surface area contributed by atoms with Crippen molar-refractivity contribution >= 4 is 22.9 Å². The van der Waals surface area contributed by atoms with Crippen LogP contribution in [0.1, 0.15) is 23.5 Å². The van der Waals surface area contributed by atoms with Gasteiger partial charge in [0.1, 0.15) is 10.0 Å². The average molecular weight is 254 g/mol. The normalized spacial score (nSPS) is 12.8. The van der Waals surface area contributed by atoms with E-state index < -0.39 is 0 Å². The highest BCUT2D eigenvalue weighted by Gasteiger charge is 2.10. The molecule has 2 aromatic rings. The van der Waals surface area contributed by atoms with Crippen LogP contribution in [0.2, 0.25) is 5.02 Å². The number of aryl methyl sites for hydroxylation is 1. The summed E-state index contributed by atoms with van der Waals surface area (Å²) >= 11 is 7.51. The molecule has 0 aliphatic heterocycles. The first kappa shape index (κ1) is 11.5. The largest absolute Gasteiger partial charge is 0.322 e. The Labute approximate surface area is 103 Å². The van der Waals surface area contributed by atoms with Crippen LogP contribution in [0.25, 0.3) is 10.6 Å². The van der Waals surface area contributed by atoms with Crippen molar-refractivity contribution in [3.63, 3.8) is 0 Å². The van der Waals surface area contributed by atoms with E-state index in [-0.39, 0.29) is 6.04 Å². The van der Waals surface area contributed by atoms with E-state index in [2.05, 4.69) is 10.2 Å². The van der Waals surface area contributed by atoms with Gasteiger partial charge < -0.3 is 5.73 Å². The molecule has 5 heteroatoms. The summed E-state index contributed by atoms with van der Waals surface area (Å²) in [5.41, 5.74) is 7.85. The molecule has 0 spiro atoms. The highest BCUT2D eigenvalue weighted by Crippen LogP contribution is 2.28. The number of halogens is 1. The molecule has 0 radical (unpaired) electrons. The van der Waals surface area contributed by atoms with Crippen molar-refractivity contribution in [2.24, 2.45) is 5.73 Å². The van der Waals surface area contributed by atoms with E-state index in [4.69, 9.17) is 17.3 Å². The maximum absolute atomic E-state index is 6.00. The summed E-state index contributed by atoms with van der Waals surface area (Å²) in [4.78, 5) is 0. The third kappa shape index (κ3) is 2.40. The first-order valence-corrected chi connectivity index (χ1v) is 6.12. The Morgan fingerprint density at radius 2 is 2.06 bits per heavy atom. The molecule has 84 valence electrons. The first-order chi connectivity index (χ1) is 7.56. The molecule has 1 atom stereocenters. The fraction of sp³-hybridized carbons (Fsp3) is 0.273. The smallest absolute Gasteiger partial charge is 0.147 e. The first-order valence-electron chi connectivity index (χ1n) is 4.93. The zero-order chi connectivity index (χ0) is 11.7. The van der Waals surface area contributed by atoms with Gasteiger partial charge in [-0.25, -0.2) is 0 Å². The predicted octanol–water partition coefficient (Wildman–Crippen LogP) is 3.19. The highest BCUT2D eigenvalue weighted by molar-refractivity contribution is 7.14. The van der Waals surface area contributed by atoms with Crippen molar-refractivity contribution in [3.8, 4) is 10.6 Å².